The summed E-state index contributed by atoms with van der Waals surface area (Å²) in [5.74, 6) is -4.06. The monoisotopic (exact) mass is 242 g/mol. The summed E-state index contributed by atoms with van der Waals surface area (Å²) >= 11 is 5.47. The molecule has 84 valence electrons. The first-order chi connectivity index (χ1) is 6.92. The fourth-order valence-electron chi connectivity index (χ4n) is 0.809. The zero-order chi connectivity index (χ0) is 11.5. The van der Waals surface area contributed by atoms with Crippen LogP contribution < -0.4 is 5.32 Å². The third kappa shape index (κ3) is 3.54. The summed E-state index contributed by atoms with van der Waals surface area (Å²) in [6.07, 6.45) is -2.41. The highest BCUT2D eigenvalue weighted by atomic mass is 35.5. The number of halogens is 5. The molecule has 0 radical (unpaired) electrons. The maximum absolute atomic E-state index is 12.5. The van der Waals surface area contributed by atoms with Crippen molar-refractivity contribution in [3.63, 3.8) is 0 Å². The summed E-state index contributed by atoms with van der Waals surface area (Å²) < 4.78 is 48.5. The van der Waals surface area contributed by atoms with Gasteiger partial charge in [-0.1, -0.05) is 11.6 Å². The van der Waals surface area contributed by atoms with Gasteiger partial charge in [0.15, 0.2) is 0 Å². The number of alkyl halides is 4. The molecule has 0 saturated heterocycles. The highest BCUT2D eigenvalue weighted by Crippen LogP contribution is 2.23. The number of aromatic nitrogens is 1. The number of nitrogens with one attached hydrogen (secondary N) is 1. The molecule has 0 saturated carbocycles. The molecule has 0 aliphatic carbocycles. The first-order valence-corrected chi connectivity index (χ1v) is 4.31. The Kier molecular flexibility index (Phi) is 3.73. The Morgan fingerprint density at radius 2 is 2.13 bits per heavy atom. The molecule has 1 heterocycles. The van der Waals surface area contributed by atoms with Crippen LogP contribution in [0.3, 0.4) is 0 Å². The number of hydrogen-bond donors (Lipinski definition) is 1. The van der Waals surface area contributed by atoms with Crippen LogP contribution in [0.1, 0.15) is 0 Å². The van der Waals surface area contributed by atoms with Crippen molar-refractivity contribution < 1.29 is 17.6 Å². The molecule has 0 unspecified atom stereocenters. The van der Waals surface area contributed by atoms with Gasteiger partial charge in [-0.2, -0.15) is 8.78 Å². The summed E-state index contributed by atoms with van der Waals surface area (Å²) in [5.41, 5.74) is 0.218. The fraction of sp³-hybridized carbons (Fsp3) is 0.375. The van der Waals surface area contributed by atoms with Crippen LogP contribution in [0.25, 0.3) is 0 Å². The lowest BCUT2D eigenvalue weighted by molar-refractivity contribution is -0.117. The lowest BCUT2D eigenvalue weighted by Gasteiger charge is -2.16. The molecule has 1 rings (SSSR count). The minimum Gasteiger partial charge on any atom is -0.379 e. The molecule has 0 bridgehead atoms. The second-order valence-electron chi connectivity index (χ2n) is 2.78. The minimum absolute atomic E-state index is 0.0976. The van der Waals surface area contributed by atoms with Gasteiger partial charge in [0.25, 0.3) is 0 Å². The molecular formula is C8H7ClF4N2. The second kappa shape index (κ2) is 4.65. The Labute approximate surface area is 88.3 Å². The molecule has 1 aromatic rings. The molecule has 0 aliphatic heterocycles. The van der Waals surface area contributed by atoms with Crippen LogP contribution in [0, 0.1) is 0 Å². The summed E-state index contributed by atoms with van der Waals surface area (Å²) in [6.45, 7) is -1.15. The summed E-state index contributed by atoms with van der Waals surface area (Å²) in [5, 5.41) is 2.25. The van der Waals surface area contributed by atoms with Gasteiger partial charge in [0.1, 0.15) is 5.15 Å². The van der Waals surface area contributed by atoms with Crippen molar-refractivity contribution in [1.82, 2.24) is 4.98 Å². The quantitative estimate of drug-likeness (QED) is 0.648. The van der Waals surface area contributed by atoms with Gasteiger partial charge < -0.3 is 5.32 Å². The third-order valence-corrected chi connectivity index (χ3v) is 1.78. The van der Waals surface area contributed by atoms with Crippen LogP contribution in [0.4, 0.5) is 23.2 Å². The van der Waals surface area contributed by atoms with E-state index < -0.39 is 18.9 Å². The smallest absolute Gasteiger partial charge is 0.324 e. The predicted octanol–water partition coefficient (Wildman–Crippen LogP) is 3.05. The normalized spacial score (nSPS) is 11.9. The van der Waals surface area contributed by atoms with E-state index in [0.717, 1.165) is 0 Å². The summed E-state index contributed by atoms with van der Waals surface area (Å²) in [4.78, 5) is 3.61. The standard InChI is InChI=1S/C8H7ClF4N2/c9-6-3-5(1-2-14-6)15-4-8(12,13)7(10)11/h1-3,7H,4H2,(H,14,15). The maximum Gasteiger partial charge on any atom is 0.324 e. The van der Waals surface area contributed by atoms with E-state index >= 15 is 0 Å². The molecule has 0 spiro atoms. The first kappa shape index (κ1) is 12.0. The molecule has 0 atom stereocenters. The van der Waals surface area contributed by atoms with Crippen molar-refractivity contribution in [2.45, 2.75) is 12.3 Å². The Hall–Kier alpha value is -1.04. The summed E-state index contributed by atoms with van der Waals surface area (Å²) in [7, 11) is 0. The summed E-state index contributed by atoms with van der Waals surface area (Å²) in [6, 6.07) is 2.62. The van der Waals surface area contributed by atoms with Gasteiger partial charge in [0, 0.05) is 11.9 Å². The van der Waals surface area contributed by atoms with Gasteiger partial charge in [0.2, 0.25) is 0 Å². The van der Waals surface area contributed by atoms with Gasteiger partial charge in [-0.15, -0.1) is 0 Å². The van der Waals surface area contributed by atoms with Crippen molar-refractivity contribution in [3.05, 3.63) is 23.5 Å². The van der Waals surface area contributed by atoms with Crippen molar-refractivity contribution in [1.29, 1.82) is 0 Å². The molecule has 0 aliphatic rings. The lowest BCUT2D eigenvalue weighted by atomic mass is 10.3. The van der Waals surface area contributed by atoms with Crippen molar-refractivity contribution >= 4 is 17.3 Å². The average molecular weight is 243 g/mol. The number of hydrogen-bond acceptors (Lipinski definition) is 2. The fourth-order valence-corrected chi connectivity index (χ4v) is 0.983. The lowest BCUT2D eigenvalue weighted by Crippen LogP contribution is -2.34. The van der Waals surface area contributed by atoms with Crippen LogP contribution in [-0.4, -0.2) is 23.9 Å². The molecule has 7 heteroatoms. The van der Waals surface area contributed by atoms with E-state index in [1.54, 1.807) is 0 Å². The van der Waals surface area contributed by atoms with E-state index in [-0.39, 0.29) is 10.8 Å². The Morgan fingerprint density at radius 3 is 2.67 bits per heavy atom. The Bertz CT molecular complexity index is 332. The van der Waals surface area contributed by atoms with Gasteiger partial charge in [-0.3, -0.25) is 0 Å². The molecule has 0 aromatic carbocycles. The third-order valence-electron chi connectivity index (χ3n) is 1.57. The average Bonchev–Trinajstić information content (AvgIpc) is 2.15. The van der Waals surface area contributed by atoms with Gasteiger partial charge >= 0.3 is 12.3 Å². The Balaban J connectivity index is 2.57. The minimum atomic E-state index is -4.06. The SMILES string of the molecule is FC(F)C(F)(F)CNc1ccnc(Cl)c1. The van der Waals surface area contributed by atoms with Crippen LogP contribution in [0.15, 0.2) is 18.3 Å². The van der Waals surface area contributed by atoms with Crippen LogP contribution in [0.5, 0.6) is 0 Å². The number of pyridine rings is 1. The van der Waals surface area contributed by atoms with E-state index in [2.05, 4.69) is 10.3 Å². The van der Waals surface area contributed by atoms with Gasteiger partial charge in [-0.25, -0.2) is 13.8 Å². The molecule has 1 aromatic heterocycles. The largest absolute Gasteiger partial charge is 0.379 e. The van der Waals surface area contributed by atoms with Gasteiger partial charge in [-0.05, 0) is 12.1 Å². The van der Waals surface area contributed by atoms with E-state index in [9.17, 15) is 17.6 Å². The van der Waals surface area contributed by atoms with E-state index in [1.165, 1.54) is 18.3 Å². The van der Waals surface area contributed by atoms with E-state index in [0.29, 0.717) is 0 Å². The number of rotatable bonds is 4. The molecular weight excluding hydrogens is 236 g/mol. The predicted molar refractivity (Wildman–Crippen MR) is 48.7 cm³/mol. The van der Waals surface area contributed by atoms with Crippen molar-refractivity contribution in [2.75, 3.05) is 11.9 Å². The topological polar surface area (TPSA) is 24.9 Å². The highest BCUT2D eigenvalue weighted by molar-refractivity contribution is 6.29. The van der Waals surface area contributed by atoms with E-state index in [1.807, 2.05) is 0 Å². The zero-order valence-corrected chi connectivity index (χ0v) is 8.11. The molecule has 2 nitrogen and oxygen atoms in total. The van der Waals surface area contributed by atoms with Crippen LogP contribution in [0.2, 0.25) is 5.15 Å². The van der Waals surface area contributed by atoms with Crippen LogP contribution >= 0.6 is 11.6 Å². The van der Waals surface area contributed by atoms with Crippen molar-refractivity contribution in [2.24, 2.45) is 0 Å². The van der Waals surface area contributed by atoms with Crippen molar-refractivity contribution in [3.8, 4) is 0 Å². The molecule has 1 N–H and O–H groups in total. The highest BCUT2D eigenvalue weighted by Gasteiger charge is 2.40. The van der Waals surface area contributed by atoms with E-state index in [4.69, 9.17) is 11.6 Å². The van der Waals surface area contributed by atoms with Gasteiger partial charge in [0.05, 0.1) is 6.54 Å². The zero-order valence-electron chi connectivity index (χ0n) is 7.35. The Morgan fingerprint density at radius 1 is 1.47 bits per heavy atom. The number of nitrogens with zero attached hydrogens (tertiary/aromatic N) is 1. The molecule has 15 heavy (non-hydrogen) atoms. The second-order valence-corrected chi connectivity index (χ2v) is 3.17. The number of anilines is 1. The molecule has 0 fully saturated rings. The molecule has 0 amide bonds. The first-order valence-electron chi connectivity index (χ1n) is 3.93. The maximum atomic E-state index is 12.5. The van der Waals surface area contributed by atoms with Crippen LogP contribution in [-0.2, 0) is 0 Å².